The minimum absolute atomic E-state index is 0.00372. The Kier molecular flexibility index (Phi) is 5.45. The van der Waals surface area contributed by atoms with E-state index in [9.17, 15) is 9.59 Å². The number of carbonyl (C=O) groups is 2. The van der Waals surface area contributed by atoms with Crippen molar-refractivity contribution in [1.82, 2.24) is 14.8 Å². The number of rotatable bonds is 5. The van der Waals surface area contributed by atoms with Gasteiger partial charge < -0.3 is 5.32 Å². The standard InChI is InChI=1S/C20H17ClN4O2S/c21-15-4-2-5-16(10-15)25-12-22-24-20(25)28-11-18(26)14-7-8-17-13(9-14)3-1-6-19(27)23-17/h2,4-5,7-10,12H,1,3,6,11H2,(H,23,27). The normalized spacial score (nSPS) is 13.5. The smallest absolute Gasteiger partial charge is 0.224 e. The summed E-state index contributed by atoms with van der Waals surface area (Å²) in [6, 6.07) is 12.8. The first-order valence-corrected chi connectivity index (χ1v) is 10.2. The monoisotopic (exact) mass is 412 g/mol. The van der Waals surface area contributed by atoms with Crippen LogP contribution in [-0.2, 0) is 11.2 Å². The Balaban J connectivity index is 1.48. The fraction of sp³-hybridized carbons (Fsp3) is 0.200. The second-order valence-corrected chi connectivity index (χ2v) is 7.83. The predicted octanol–water partition coefficient (Wildman–Crippen LogP) is 4.17. The summed E-state index contributed by atoms with van der Waals surface area (Å²) >= 11 is 7.39. The molecule has 1 N–H and O–H groups in total. The van der Waals surface area contributed by atoms with Gasteiger partial charge in [0.2, 0.25) is 5.91 Å². The van der Waals surface area contributed by atoms with Gasteiger partial charge in [-0.05, 0) is 54.8 Å². The highest BCUT2D eigenvalue weighted by Crippen LogP contribution is 2.26. The van der Waals surface area contributed by atoms with E-state index < -0.39 is 0 Å². The Morgan fingerprint density at radius 2 is 2.11 bits per heavy atom. The summed E-state index contributed by atoms with van der Waals surface area (Å²) < 4.78 is 1.80. The van der Waals surface area contributed by atoms with Gasteiger partial charge in [0.15, 0.2) is 10.9 Å². The van der Waals surface area contributed by atoms with Gasteiger partial charge >= 0.3 is 0 Å². The molecule has 142 valence electrons. The van der Waals surface area contributed by atoms with Gasteiger partial charge in [-0.1, -0.05) is 29.4 Å². The molecular formula is C20H17ClN4O2S. The molecule has 6 nitrogen and oxygen atoms in total. The van der Waals surface area contributed by atoms with Crippen LogP contribution in [0.25, 0.3) is 5.69 Å². The van der Waals surface area contributed by atoms with Crippen molar-refractivity contribution < 1.29 is 9.59 Å². The molecule has 2 aromatic carbocycles. The van der Waals surface area contributed by atoms with E-state index in [1.54, 1.807) is 23.0 Å². The zero-order valence-corrected chi connectivity index (χ0v) is 16.5. The maximum atomic E-state index is 12.7. The van der Waals surface area contributed by atoms with E-state index in [4.69, 9.17) is 11.6 Å². The lowest BCUT2D eigenvalue weighted by molar-refractivity contribution is -0.116. The third kappa shape index (κ3) is 4.10. The Morgan fingerprint density at radius 3 is 2.96 bits per heavy atom. The van der Waals surface area contributed by atoms with Crippen molar-refractivity contribution in [3.05, 3.63) is 64.9 Å². The Hall–Kier alpha value is -2.64. The quantitative estimate of drug-likeness (QED) is 0.502. The molecule has 1 aromatic heterocycles. The van der Waals surface area contributed by atoms with E-state index in [2.05, 4.69) is 15.5 Å². The molecule has 0 fully saturated rings. The molecule has 0 radical (unpaired) electrons. The van der Waals surface area contributed by atoms with Crippen LogP contribution < -0.4 is 5.32 Å². The van der Waals surface area contributed by atoms with Crippen LogP contribution >= 0.6 is 23.4 Å². The van der Waals surface area contributed by atoms with Crippen molar-refractivity contribution in [2.24, 2.45) is 0 Å². The number of benzene rings is 2. The lowest BCUT2D eigenvalue weighted by atomic mass is 10.0. The van der Waals surface area contributed by atoms with Crippen molar-refractivity contribution in [2.75, 3.05) is 11.1 Å². The van der Waals surface area contributed by atoms with E-state index in [0.717, 1.165) is 29.8 Å². The fourth-order valence-electron chi connectivity index (χ4n) is 3.09. The second-order valence-electron chi connectivity index (χ2n) is 6.45. The van der Waals surface area contributed by atoms with Crippen molar-refractivity contribution in [3.63, 3.8) is 0 Å². The van der Waals surface area contributed by atoms with Crippen molar-refractivity contribution in [2.45, 2.75) is 24.4 Å². The van der Waals surface area contributed by atoms with Crippen molar-refractivity contribution in [1.29, 1.82) is 0 Å². The van der Waals surface area contributed by atoms with Crippen LogP contribution in [0.3, 0.4) is 0 Å². The van der Waals surface area contributed by atoms with Gasteiger partial charge in [-0.25, -0.2) is 0 Å². The van der Waals surface area contributed by atoms with Crippen molar-refractivity contribution >= 4 is 40.7 Å². The largest absolute Gasteiger partial charge is 0.326 e. The zero-order valence-electron chi connectivity index (χ0n) is 14.9. The summed E-state index contributed by atoms with van der Waals surface area (Å²) in [6.45, 7) is 0. The van der Waals surface area contributed by atoms with E-state index >= 15 is 0 Å². The molecule has 3 aromatic rings. The maximum Gasteiger partial charge on any atom is 0.224 e. The van der Waals surface area contributed by atoms with Crippen LogP contribution in [0, 0.1) is 0 Å². The number of aryl methyl sites for hydroxylation is 1. The number of ketones is 1. The third-order valence-electron chi connectivity index (χ3n) is 4.49. The fourth-order valence-corrected chi connectivity index (χ4v) is 4.10. The van der Waals surface area contributed by atoms with Crippen LogP contribution in [0.5, 0.6) is 0 Å². The number of carbonyl (C=O) groups excluding carboxylic acids is 2. The molecule has 0 atom stereocenters. The van der Waals surface area contributed by atoms with E-state index in [-0.39, 0.29) is 17.4 Å². The van der Waals surface area contributed by atoms with Gasteiger partial charge in [0.05, 0.1) is 11.4 Å². The molecule has 1 amide bonds. The van der Waals surface area contributed by atoms with Crippen molar-refractivity contribution in [3.8, 4) is 5.69 Å². The summed E-state index contributed by atoms with van der Waals surface area (Å²) in [5.74, 6) is 0.266. The highest BCUT2D eigenvalue weighted by Gasteiger charge is 2.16. The topological polar surface area (TPSA) is 76.9 Å². The molecule has 0 unspecified atom stereocenters. The molecule has 8 heteroatoms. The predicted molar refractivity (Wildman–Crippen MR) is 109 cm³/mol. The number of aromatic nitrogens is 3. The number of thioether (sulfide) groups is 1. The summed E-state index contributed by atoms with van der Waals surface area (Å²) in [5, 5.41) is 12.2. The summed E-state index contributed by atoms with van der Waals surface area (Å²) in [4.78, 5) is 24.4. The minimum atomic E-state index is 0.00372. The number of nitrogens with zero attached hydrogens (tertiary/aromatic N) is 3. The number of halogens is 1. The maximum absolute atomic E-state index is 12.7. The van der Waals surface area contributed by atoms with E-state index in [0.29, 0.717) is 22.2 Å². The number of fused-ring (bicyclic) bond motifs is 1. The lowest BCUT2D eigenvalue weighted by Crippen LogP contribution is -2.10. The zero-order chi connectivity index (χ0) is 19.5. The molecule has 2 heterocycles. The van der Waals surface area contributed by atoms with Gasteiger partial charge in [-0.2, -0.15) is 0 Å². The average molecular weight is 413 g/mol. The Bertz CT molecular complexity index is 1050. The average Bonchev–Trinajstić information content (AvgIpc) is 3.07. The number of nitrogens with one attached hydrogen (secondary N) is 1. The Labute approximate surface area is 171 Å². The van der Waals surface area contributed by atoms with Gasteiger partial charge in [0.1, 0.15) is 6.33 Å². The van der Waals surface area contributed by atoms with Gasteiger partial charge in [0, 0.05) is 22.7 Å². The molecule has 0 spiro atoms. The van der Waals surface area contributed by atoms with Crippen LogP contribution in [0.15, 0.2) is 53.9 Å². The van der Waals surface area contributed by atoms with E-state index in [1.165, 1.54) is 11.8 Å². The molecule has 0 bridgehead atoms. The van der Waals surface area contributed by atoms with Gasteiger partial charge in [0.25, 0.3) is 0 Å². The number of hydrogen-bond acceptors (Lipinski definition) is 5. The highest BCUT2D eigenvalue weighted by molar-refractivity contribution is 7.99. The summed E-state index contributed by atoms with van der Waals surface area (Å²) in [7, 11) is 0. The van der Waals surface area contributed by atoms with Gasteiger partial charge in [-0.3, -0.25) is 14.2 Å². The molecule has 1 aliphatic rings. The molecule has 28 heavy (non-hydrogen) atoms. The summed E-state index contributed by atoms with van der Waals surface area (Å²) in [5.41, 5.74) is 3.28. The number of Topliss-reactive ketones (excluding diaryl/α,β-unsaturated/α-hetero) is 1. The SMILES string of the molecule is O=C1CCCc2cc(C(=O)CSc3nncn3-c3cccc(Cl)c3)ccc2N1. The molecule has 0 saturated heterocycles. The van der Waals surface area contributed by atoms with E-state index in [1.807, 2.05) is 30.3 Å². The Morgan fingerprint density at radius 1 is 1.21 bits per heavy atom. The molecule has 0 aliphatic carbocycles. The van der Waals surface area contributed by atoms with Crippen LogP contribution in [0.2, 0.25) is 5.02 Å². The van der Waals surface area contributed by atoms with Crippen LogP contribution in [-0.4, -0.2) is 32.2 Å². The first-order valence-electron chi connectivity index (χ1n) is 8.85. The summed E-state index contributed by atoms with van der Waals surface area (Å²) in [6.07, 6.45) is 3.68. The molecule has 1 aliphatic heterocycles. The van der Waals surface area contributed by atoms with Crippen LogP contribution in [0.1, 0.15) is 28.8 Å². The van der Waals surface area contributed by atoms with Gasteiger partial charge in [-0.15, -0.1) is 10.2 Å². The number of hydrogen-bond donors (Lipinski definition) is 1. The molecular weight excluding hydrogens is 396 g/mol. The molecule has 4 rings (SSSR count). The molecule has 0 saturated carbocycles. The minimum Gasteiger partial charge on any atom is -0.326 e. The highest BCUT2D eigenvalue weighted by atomic mass is 35.5. The number of anilines is 1. The van der Waals surface area contributed by atoms with Crippen LogP contribution in [0.4, 0.5) is 5.69 Å². The number of amides is 1. The second kappa shape index (κ2) is 8.16. The third-order valence-corrected chi connectivity index (χ3v) is 5.66. The lowest BCUT2D eigenvalue weighted by Gasteiger charge is -2.09. The first kappa shape index (κ1) is 18.7. The first-order chi connectivity index (χ1) is 13.6.